The largest absolute Gasteiger partial charge is 0.387 e. The van der Waals surface area contributed by atoms with E-state index >= 15 is 0 Å². The molecule has 0 radical (unpaired) electrons. The van der Waals surface area contributed by atoms with Gasteiger partial charge in [0.05, 0.1) is 6.10 Å². The SMILES string of the molecule is C[C@H](NCC(O)c1ccccc1Cl)c1ccc(Cl)cc1. The highest BCUT2D eigenvalue weighted by Crippen LogP contribution is 2.23. The van der Waals surface area contributed by atoms with Crippen molar-refractivity contribution in [3.8, 4) is 0 Å². The van der Waals surface area contributed by atoms with Crippen LogP contribution in [0.4, 0.5) is 0 Å². The second-order valence-electron chi connectivity index (χ2n) is 4.72. The zero-order valence-corrected chi connectivity index (χ0v) is 12.7. The van der Waals surface area contributed by atoms with Gasteiger partial charge in [0.1, 0.15) is 0 Å². The Morgan fingerprint density at radius 3 is 2.35 bits per heavy atom. The van der Waals surface area contributed by atoms with E-state index < -0.39 is 6.10 Å². The van der Waals surface area contributed by atoms with Crippen LogP contribution >= 0.6 is 23.2 Å². The second-order valence-corrected chi connectivity index (χ2v) is 5.56. The molecular weight excluding hydrogens is 293 g/mol. The monoisotopic (exact) mass is 309 g/mol. The van der Waals surface area contributed by atoms with E-state index in [1.807, 2.05) is 49.4 Å². The summed E-state index contributed by atoms with van der Waals surface area (Å²) < 4.78 is 0. The minimum Gasteiger partial charge on any atom is -0.387 e. The Morgan fingerprint density at radius 1 is 1.05 bits per heavy atom. The molecule has 20 heavy (non-hydrogen) atoms. The van der Waals surface area contributed by atoms with Crippen molar-refractivity contribution >= 4 is 23.2 Å². The van der Waals surface area contributed by atoms with Crippen LogP contribution in [0.2, 0.25) is 10.0 Å². The standard InChI is InChI=1S/C16H17Cl2NO/c1-11(12-6-8-13(17)9-7-12)19-10-16(20)14-4-2-3-5-15(14)18/h2-9,11,16,19-20H,10H2,1H3/t11-,16?/m0/s1. The van der Waals surface area contributed by atoms with Crippen LogP contribution in [0, 0.1) is 0 Å². The number of hydrogen-bond acceptors (Lipinski definition) is 2. The number of rotatable bonds is 5. The molecule has 106 valence electrons. The molecule has 0 bridgehead atoms. The first-order chi connectivity index (χ1) is 9.58. The van der Waals surface area contributed by atoms with Crippen molar-refractivity contribution in [1.82, 2.24) is 5.32 Å². The van der Waals surface area contributed by atoms with Gasteiger partial charge in [0.2, 0.25) is 0 Å². The van der Waals surface area contributed by atoms with Crippen LogP contribution in [0.3, 0.4) is 0 Å². The lowest BCUT2D eigenvalue weighted by Gasteiger charge is -2.18. The molecule has 2 rings (SSSR count). The van der Waals surface area contributed by atoms with Gasteiger partial charge < -0.3 is 10.4 Å². The molecule has 0 aliphatic carbocycles. The predicted molar refractivity (Wildman–Crippen MR) is 84.3 cm³/mol. The van der Waals surface area contributed by atoms with E-state index in [-0.39, 0.29) is 6.04 Å². The molecule has 0 amide bonds. The Bertz CT molecular complexity index is 557. The van der Waals surface area contributed by atoms with E-state index in [1.54, 1.807) is 6.07 Å². The number of aliphatic hydroxyl groups is 1. The Morgan fingerprint density at radius 2 is 1.70 bits per heavy atom. The normalized spacial score (nSPS) is 14.0. The van der Waals surface area contributed by atoms with Gasteiger partial charge in [0.25, 0.3) is 0 Å². The van der Waals surface area contributed by atoms with Crippen molar-refractivity contribution in [2.45, 2.75) is 19.1 Å². The molecule has 0 saturated heterocycles. The molecule has 0 spiro atoms. The van der Waals surface area contributed by atoms with Gasteiger partial charge in [-0.2, -0.15) is 0 Å². The summed E-state index contributed by atoms with van der Waals surface area (Å²) in [6.07, 6.45) is -0.626. The fraction of sp³-hybridized carbons (Fsp3) is 0.250. The average molecular weight is 310 g/mol. The van der Waals surface area contributed by atoms with Gasteiger partial charge >= 0.3 is 0 Å². The topological polar surface area (TPSA) is 32.3 Å². The summed E-state index contributed by atoms with van der Waals surface area (Å²) in [5.74, 6) is 0. The Labute approximate surface area is 129 Å². The highest BCUT2D eigenvalue weighted by molar-refractivity contribution is 6.31. The molecule has 2 N–H and O–H groups in total. The van der Waals surface area contributed by atoms with E-state index in [2.05, 4.69) is 5.32 Å². The summed E-state index contributed by atoms with van der Waals surface area (Å²) in [5.41, 5.74) is 1.87. The van der Waals surface area contributed by atoms with Crippen LogP contribution < -0.4 is 5.32 Å². The molecule has 0 saturated carbocycles. The lowest BCUT2D eigenvalue weighted by atomic mass is 10.1. The molecule has 0 heterocycles. The molecule has 2 atom stereocenters. The molecule has 4 heteroatoms. The molecule has 2 aromatic rings. The average Bonchev–Trinajstić information content (AvgIpc) is 2.45. The number of aliphatic hydroxyl groups excluding tert-OH is 1. The van der Waals surface area contributed by atoms with Crippen LogP contribution in [0.15, 0.2) is 48.5 Å². The van der Waals surface area contributed by atoms with E-state index in [9.17, 15) is 5.11 Å². The summed E-state index contributed by atoms with van der Waals surface area (Å²) >= 11 is 11.9. The van der Waals surface area contributed by atoms with Crippen LogP contribution in [0.5, 0.6) is 0 Å². The highest BCUT2D eigenvalue weighted by Gasteiger charge is 2.12. The number of hydrogen-bond donors (Lipinski definition) is 2. The second kappa shape index (κ2) is 7.09. The number of benzene rings is 2. The van der Waals surface area contributed by atoms with Gasteiger partial charge in [0, 0.05) is 28.2 Å². The highest BCUT2D eigenvalue weighted by atomic mass is 35.5. The Balaban J connectivity index is 1.95. The van der Waals surface area contributed by atoms with Gasteiger partial charge in [-0.3, -0.25) is 0 Å². The van der Waals surface area contributed by atoms with E-state index in [0.717, 1.165) is 16.1 Å². The van der Waals surface area contributed by atoms with Gasteiger partial charge in [-0.05, 0) is 30.7 Å². The first-order valence-electron chi connectivity index (χ1n) is 6.49. The summed E-state index contributed by atoms with van der Waals surface area (Å²) in [6.45, 7) is 2.48. The van der Waals surface area contributed by atoms with E-state index in [4.69, 9.17) is 23.2 Å². The van der Waals surface area contributed by atoms with Crippen LogP contribution in [0.1, 0.15) is 30.2 Å². The smallest absolute Gasteiger partial charge is 0.0928 e. The van der Waals surface area contributed by atoms with Crippen LogP contribution in [0.25, 0.3) is 0 Å². The molecule has 0 aliphatic heterocycles. The zero-order chi connectivity index (χ0) is 14.5. The maximum atomic E-state index is 10.2. The molecule has 0 fully saturated rings. The first kappa shape index (κ1) is 15.3. The first-order valence-corrected chi connectivity index (χ1v) is 7.25. The maximum absolute atomic E-state index is 10.2. The minimum absolute atomic E-state index is 0.129. The van der Waals surface area contributed by atoms with E-state index in [0.29, 0.717) is 11.6 Å². The van der Waals surface area contributed by atoms with Gasteiger partial charge in [-0.25, -0.2) is 0 Å². The summed E-state index contributed by atoms with van der Waals surface area (Å²) in [7, 11) is 0. The van der Waals surface area contributed by atoms with Crippen molar-refractivity contribution < 1.29 is 5.11 Å². The van der Waals surface area contributed by atoms with Crippen LogP contribution in [-0.4, -0.2) is 11.7 Å². The minimum atomic E-state index is -0.626. The molecular formula is C16H17Cl2NO. The Kier molecular flexibility index (Phi) is 5.44. The van der Waals surface area contributed by atoms with Crippen LogP contribution in [-0.2, 0) is 0 Å². The molecule has 0 aliphatic rings. The quantitative estimate of drug-likeness (QED) is 0.859. The molecule has 0 aromatic heterocycles. The molecule has 1 unspecified atom stereocenters. The van der Waals surface area contributed by atoms with Crippen molar-refractivity contribution in [3.63, 3.8) is 0 Å². The Hall–Kier alpha value is -1.06. The number of nitrogens with one attached hydrogen (secondary N) is 1. The maximum Gasteiger partial charge on any atom is 0.0928 e. The van der Waals surface area contributed by atoms with Crippen molar-refractivity contribution in [2.75, 3.05) is 6.54 Å². The lowest BCUT2D eigenvalue weighted by molar-refractivity contribution is 0.171. The number of halogens is 2. The summed E-state index contributed by atoms with van der Waals surface area (Å²) in [6, 6.07) is 15.1. The van der Waals surface area contributed by atoms with Crippen molar-refractivity contribution in [2.24, 2.45) is 0 Å². The lowest BCUT2D eigenvalue weighted by Crippen LogP contribution is -2.24. The molecule has 2 aromatic carbocycles. The zero-order valence-electron chi connectivity index (χ0n) is 11.2. The third-order valence-corrected chi connectivity index (χ3v) is 3.85. The fourth-order valence-electron chi connectivity index (χ4n) is 2.01. The van der Waals surface area contributed by atoms with Crippen molar-refractivity contribution in [1.29, 1.82) is 0 Å². The molecule has 2 nitrogen and oxygen atoms in total. The van der Waals surface area contributed by atoms with Gasteiger partial charge in [-0.1, -0.05) is 53.5 Å². The predicted octanol–water partition coefficient (Wildman–Crippen LogP) is 4.38. The third-order valence-electron chi connectivity index (χ3n) is 3.25. The van der Waals surface area contributed by atoms with E-state index in [1.165, 1.54) is 0 Å². The van der Waals surface area contributed by atoms with Crippen molar-refractivity contribution in [3.05, 3.63) is 69.7 Å². The summed E-state index contributed by atoms with van der Waals surface area (Å²) in [5, 5.41) is 14.8. The fourth-order valence-corrected chi connectivity index (χ4v) is 2.40. The van der Waals surface area contributed by atoms with Gasteiger partial charge in [-0.15, -0.1) is 0 Å². The third kappa shape index (κ3) is 3.97. The van der Waals surface area contributed by atoms with Gasteiger partial charge in [0.15, 0.2) is 0 Å². The summed E-state index contributed by atoms with van der Waals surface area (Å²) in [4.78, 5) is 0.